The van der Waals surface area contributed by atoms with Crippen LogP contribution in [0.3, 0.4) is 0 Å². The molecule has 1 N–H and O–H groups in total. The second-order valence-corrected chi connectivity index (χ2v) is 9.55. The zero-order valence-corrected chi connectivity index (χ0v) is 16.8. The number of rotatable bonds is 4. The van der Waals surface area contributed by atoms with Gasteiger partial charge in [0.05, 0.1) is 4.90 Å². The summed E-state index contributed by atoms with van der Waals surface area (Å²) in [7, 11) is -3.51. The predicted octanol–water partition coefficient (Wildman–Crippen LogP) is 3.91. The molecule has 0 saturated carbocycles. The first-order valence-corrected chi connectivity index (χ1v) is 10.7. The first-order chi connectivity index (χ1) is 12.8. The first kappa shape index (κ1) is 19.6. The van der Waals surface area contributed by atoms with E-state index in [1.165, 1.54) is 0 Å². The second kappa shape index (κ2) is 7.82. The molecule has 6 heteroatoms. The molecule has 1 aliphatic rings. The van der Waals surface area contributed by atoms with E-state index < -0.39 is 10.0 Å². The van der Waals surface area contributed by atoms with Crippen molar-refractivity contribution in [3.63, 3.8) is 0 Å². The van der Waals surface area contributed by atoms with Gasteiger partial charge in [-0.25, -0.2) is 8.42 Å². The number of carbonyl (C=O) groups excluding carboxylic acids is 1. The van der Waals surface area contributed by atoms with Gasteiger partial charge in [0.25, 0.3) is 5.91 Å². The van der Waals surface area contributed by atoms with Crippen LogP contribution in [0.4, 0.5) is 5.69 Å². The van der Waals surface area contributed by atoms with E-state index in [0.29, 0.717) is 36.2 Å². The van der Waals surface area contributed by atoms with Crippen molar-refractivity contribution in [1.82, 2.24) is 4.31 Å². The smallest absolute Gasteiger partial charge is 0.255 e. The molecule has 3 rings (SSSR count). The van der Waals surface area contributed by atoms with Crippen LogP contribution in [-0.2, 0) is 10.0 Å². The number of anilines is 1. The van der Waals surface area contributed by atoms with Crippen LogP contribution in [0.15, 0.2) is 53.4 Å². The molecule has 1 aliphatic heterocycles. The summed E-state index contributed by atoms with van der Waals surface area (Å²) in [5.74, 6) is 0.501. The zero-order chi connectivity index (χ0) is 19.6. The summed E-state index contributed by atoms with van der Waals surface area (Å²) in [6.07, 6.45) is 1.05. The number of nitrogens with one attached hydrogen (secondary N) is 1. The highest BCUT2D eigenvalue weighted by Crippen LogP contribution is 2.27. The molecule has 2 aromatic carbocycles. The summed E-state index contributed by atoms with van der Waals surface area (Å²) >= 11 is 0. The van der Waals surface area contributed by atoms with Gasteiger partial charge in [-0.2, -0.15) is 4.31 Å². The van der Waals surface area contributed by atoms with Crippen molar-refractivity contribution in [3.05, 3.63) is 59.7 Å². The van der Waals surface area contributed by atoms with Gasteiger partial charge in [-0.3, -0.25) is 4.79 Å². The number of sulfonamides is 1. The van der Waals surface area contributed by atoms with E-state index in [0.717, 1.165) is 12.0 Å². The molecule has 0 radical (unpaired) electrons. The van der Waals surface area contributed by atoms with Crippen LogP contribution in [0.2, 0.25) is 0 Å². The van der Waals surface area contributed by atoms with Gasteiger partial charge in [-0.15, -0.1) is 0 Å². The minimum absolute atomic E-state index is 0.215. The largest absolute Gasteiger partial charge is 0.322 e. The standard InChI is InChI=1S/C21H26N2O3S/c1-15-5-4-6-18(12-15)21(24)22-19-7-9-20(10-8-19)27(25,26)23-13-16(2)11-17(3)14-23/h4-10,12,16-17H,11,13-14H2,1-3H3,(H,22,24)/t16-,17-/m1/s1. The minimum Gasteiger partial charge on any atom is -0.322 e. The Morgan fingerprint density at radius 1 is 1.04 bits per heavy atom. The highest BCUT2D eigenvalue weighted by atomic mass is 32.2. The maximum atomic E-state index is 12.9. The van der Waals surface area contributed by atoms with Gasteiger partial charge in [0.2, 0.25) is 10.0 Å². The highest BCUT2D eigenvalue weighted by Gasteiger charge is 2.31. The highest BCUT2D eigenvalue weighted by molar-refractivity contribution is 7.89. The van der Waals surface area contributed by atoms with E-state index in [1.54, 1.807) is 34.6 Å². The Balaban J connectivity index is 1.74. The van der Waals surface area contributed by atoms with E-state index in [9.17, 15) is 13.2 Å². The van der Waals surface area contributed by atoms with Crippen molar-refractivity contribution in [2.45, 2.75) is 32.1 Å². The number of benzene rings is 2. The molecule has 1 saturated heterocycles. The Morgan fingerprint density at radius 2 is 1.67 bits per heavy atom. The van der Waals surface area contributed by atoms with Gasteiger partial charge < -0.3 is 5.32 Å². The van der Waals surface area contributed by atoms with Crippen LogP contribution in [0.1, 0.15) is 36.2 Å². The molecule has 5 nitrogen and oxygen atoms in total. The SMILES string of the molecule is Cc1cccc(C(=O)Nc2ccc(S(=O)(=O)N3C[C@H](C)C[C@@H](C)C3)cc2)c1. The summed E-state index contributed by atoms with van der Waals surface area (Å²) in [5, 5.41) is 2.81. The van der Waals surface area contributed by atoms with Crippen LogP contribution in [0.25, 0.3) is 0 Å². The molecule has 0 spiro atoms. The molecule has 0 unspecified atom stereocenters. The Kier molecular flexibility index (Phi) is 5.67. The average Bonchev–Trinajstić information content (AvgIpc) is 2.61. The van der Waals surface area contributed by atoms with Crippen molar-refractivity contribution in [1.29, 1.82) is 0 Å². The van der Waals surface area contributed by atoms with E-state index in [2.05, 4.69) is 19.2 Å². The van der Waals surface area contributed by atoms with Gasteiger partial charge in [0.15, 0.2) is 0 Å². The van der Waals surface area contributed by atoms with Gasteiger partial charge in [-0.05, 0) is 61.6 Å². The van der Waals surface area contributed by atoms with Crippen molar-refractivity contribution < 1.29 is 13.2 Å². The van der Waals surface area contributed by atoms with Crippen molar-refractivity contribution in [2.75, 3.05) is 18.4 Å². The van der Waals surface area contributed by atoms with Gasteiger partial charge in [0.1, 0.15) is 0 Å². The Bertz CT molecular complexity index is 913. The molecule has 1 heterocycles. The molecule has 2 aromatic rings. The first-order valence-electron chi connectivity index (χ1n) is 9.24. The molecule has 144 valence electrons. The lowest BCUT2D eigenvalue weighted by molar-refractivity contribution is 0.102. The van der Waals surface area contributed by atoms with Crippen LogP contribution >= 0.6 is 0 Å². The fourth-order valence-corrected chi connectivity index (χ4v) is 5.33. The normalized spacial score (nSPS) is 21.0. The average molecular weight is 387 g/mol. The van der Waals surface area contributed by atoms with Crippen molar-refractivity contribution in [3.8, 4) is 0 Å². The number of carbonyl (C=O) groups is 1. The summed E-state index contributed by atoms with van der Waals surface area (Å²) in [6, 6.07) is 13.7. The predicted molar refractivity (Wildman–Crippen MR) is 107 cm³/mol. The quantitative estimate of drug-likeness (QED) is 0.866. The third-order valence-corrected chi connectivity index (χ3v) is 6.71. The Morgan fingerprint density at radius 3 is 2.26 bits per heavy atom. The molecule has 1 fully saturated rings. The summed E-state index contributed by atoms with van der Waals surface area (Å²) in [4.78, 5) is 12.6. The summed E-state index contributed by atoms with van der Waals surface area (Å²) < 4.78 is 27.4. The number of piperidine rings is 1. The molecule has 27 heavy (non-hydrogen) atoms. The molecular weight excluding hydrogens is 360 g/mol. The van der Waals surface area contributed by atoms with E-state index in [-0.39, 0.29) is 10.8 Å². The number of aryl methyl sites for hydroxylation is 1. The molecule has 1 amide bonds. The van der Waals surface area contributed by atoms with Crippen LogP contribution < -0.4 is 5.32 Å². The summed E-state index contributed by atoms with van der Waals surface area (Å²) in [6.45, 7) is 7.21. The number of hydrogen-bond acceptors (Lipinski definition) is 3. The lowest BCUT2D eigenvalue weighted by atomic mass is 9.94. The molecule has 0 bridgehead atoms. The van der Waals surface area contributed by atoms with Crippen molar-refractivity contribution >= 4 is 21.6 Å². The van der Waals surface area contributed by atoms with E-state index in [1.807, 2.05) is 25.1 Å². The second-order valence-electron chi connectivity index (χ2n) is 7.62. The third-order valence-electron chi connectivity index (χ3n) is 4.87. The zero-order valence-electron chi connectivity index (χ0n) is 16.0. The maximum absolute atomic E-state index is 12.9. The molecule has 2 atom stereocenters. The maximum Gasteiger partial charge on any atom is 0.255 e. The van der Waals surface area contributed by atoms with Crippen LogP contribution in [-0.4, -0.2) is 31.7 Å². The molecular formula is C21H26N2O3S. The summed E-state index contributed by atoms with van der Waals surface area (Å²) in [5.41, 5.74) is 2.15. The number of amides is 1. The van der Waals surface area contributed by atoms with Crippen LogP contribution in [0.5, 0.6) is 0 Å². The lowest BCUT2D eigenvalue weighted by Crippen LogP contribution is -2.42. The number of nitrogens with zero attached hydrogens (tertiary/aromatic N) is 1. The van der Waals surface area contributed by atoms with Crippen LogP contribution in [0, 0.1) is 18.8 Å². The minimum atomic E-state index is -3.51. The molecule has 0 aromatic heterocycles. The van der Waals surface area contributed by atoms with Gasteiger partial charge in [0, 0.05) is 24.3 Å². The lowest BCUT2D eigenvalue weighted by Gasteiger charge is -2.34. The van der Waals surface area contributed by atoms with Gasteiger partial charge >= 0.3 is 0 Å². The van der Waals surface area contributed by atoms with E-state index >= 15 is 0 Å². The van der Waals surface area contributed by atoms with E-state index in [4.69, 9.17) is 0 Å². The Labute approximate surface area is 161 Å². The molecule has 0 aliphatic carbocycles. The fourth-order valence-electron chi connectivity index (χ4n) is 3.65. The van der Waals surface area contributed by atoms with Gasteiger partial charge in [-0.1, -0.05) is 31.5 Å². The van der Waals surface area contributed by atoms with Crippen molar-refractivity contribution in [2.24, 2.45) is 11.8 Å². The monoisotopic (exact) mass is 386 g/mol. The third kappa shape index (κ3) is 4.57. The number of hydrogen-bond donors (Lipinski definition) is 1. The topological polar surface area (TPSA) is 66.5 Å². The Hall–Kier alpha value is -2.18. The fraction of sp³-hybridized carbons (Fsp3) is 0.381.